The molecule has 2 saturated heterocycles. The molecule has 0 bridgehead atoms. The largest absolute Gasteiger partial charge is 0.397 e. The fraction of sp³-hybridized carbons (Fsp3) is 0.600. The van der Waals surface area contributed by atoms with Gasteiger partial charge in [-0.2, -0.15) is 0 Å². The SMILES string of the molecule is Cc1ccc(NC2CCN3CCCC3C2)c(N)c1. The van der Waals surface area contributed by atoms with E-state index in [1.807, 2.05) is 6.07 Å². The van der Waals surface area contributed by atoms with Crippen LogP contribution in [0, 0.1) is 6.92 Å². The topological polar surface area (TPSA) is 41.3 Å². The fourth-order valence-electron chi connectivity index (χ4n) is 3.39. The number of piperidine rings is 1. The van der Waals surface area contributed by atoms with Gasteiger partial charge in [-0.1, -0.05) is 6.07 Å². The molecule has 2 aliphatic heterocycles. The molecule has 98 valence electrons. The van der Waals surface area contributed by atoms with Gasteiger partial charge in [-0.15, -0.1) is 0 Å². The Morgan fingerprint density at radius 2 is 2.17 bits per heavy atom. The second kappa shape index (κ2) is 4.81. The molecular weight excluding hydrogens is 222 g/mol. The lowest BCUT2D eigenvalue weighted by Gasteiger charge is -2.35. The van der Waals surface area contributed by atoms with E-state index in [4.69, 9.17) is 5.73 Å². The zero-order valence-electron chi connectivity index (χ0n) is 11.2. The number of nitrogens with zero attached hydrogens (tertiary/aromatic N) is 1. The van der Waals surface area contributed by atoms with Crippen LogP contribution in [-0.2, 0) is 0 Å². The smallest absolute Gasteiger partial charge is 0.0576 e. The van der Waals surface area contributed by atoms with Gasteiger partial charge >= 0.3 is 0 Å². The van der Waals surface area contributed by atoms with Gasteiger partial charge in [-0.05, 0) is 56.8 Å². The average Bonchev–Trinajstić information content (AvgIpc) is 2.80. The summed E-state index contributed by atoms with van der Waals surface area (Å²) in [5.74, 6) is 0. The monoisotopic (exact) mass is 245 g/mol. The highest BCUT2D eigenvalue weighted by Gasteiger charge is 2.31. The third kappa shape index (κ3) is 2.32. The number of rotatable bonds is 2. The second-order valence-electron chi connectivity index (χ2n) is 5.79. The van der Waals surface area contributed by atoms with Crippen LogP contribution in [0.3, 0.4) is 0 Å². The Hall–Kier alpha value is -1.22. The van der Waals surface area contributed by atoms with Crippen molar-refractivity contribution in [2.24, 2.45) is 0 Å². The summed E-state index contributed by atoms with van der Waals surface area (Å²) in [6, 6.07) is 7.69. The van der Waals surface area contributed by atoms with E-state index in [-0.39, 0.29) is 0 Å². The lowest BCUT2D eigenvalue weighted by Crippen LogP contribution is -2.42. The number of benzene rings is 1. The van der Waals surface area contributed by atoms with E-state index in [0.717, 1.165) is 17.4 Å². The van der Waals surface area contributed by atoms with E-state index in [2.05, 4.69) is 29.3 Å². The molecule has 0 saturated carbocycles. The van der Waals surface area contributed by atoms with Crippen LogP contribution in [-0.4, -0.2) is 30.1 Å². The Bertz CT molecular complexity index is 430. The first-order valence-corrected chi connectivity index (χ1v) is 7.09. The predicted molar refractivity (Wildman–Crippen MR) is 76.8 cm³/mol. The van der Waals surface area contributed by atoms with Crippen molar-refractivity contribution in [3.05, 3.63) is 23.8 Å². The zero-order valence-corrected chi connectivity index (χ0v) is 11.2. The molecule has 3 heteroatoms. The number of hydrogen-bond acceptors (Lipinski definition) is 3. The molecule has 1 aromatic carbocycles. The number of nitrogens with one attached hydrogen (secondary N) is 1. The summed E-state index contributed by atoms with van der Waals surface area (Å²) in [6.07, 6.45) is 5.27. The molecule has 3 N–H and O–H groups in total. The summed E-state index contributed by atoms with van der Waals surface area (Å²) in [6.45, 7) is 4.63. The number of nitrogen functional groups attached to an aromatic ring is 1. The van der Waals surface area contributed by atoms with Crippen molar-refractivity contribution in [1.82, 2.24) is 4.90 Å². The Balaban J connectivity index is 1.66. The Morgan fingerprint density at radius 1 is 1.28 bits per heavy atom. The number of fused-ring (bicyclic) bond motifs is 1. The first kappa shape index (κ1) is 11.8. The quantitative estimate of drug-likeness (QED) is 0.787. The van der Waals surface area contributed by atoms with Crippen molar-refractivity contribution in [1.29, 1.82) is 0 Å². The summed E-state index contributed by atoms with van der Waals surface area (Å²) in [4.78, 5) is 2.65. The van der Waals surface area contributed by atoms with Gasteiger partial charge in [0.25, 0.3) is 0 Å². The van der Waals surface area contributed by atoms with Gasteiger partial charge in [-0.3, -0.25) is 0 Å². The second-order valence-corrected chi connectivity index (χ2v) is 5.79. The summed E-state index contributed by atoms with van der Waals surface area (Å²) in [5.41, 5.74) is 9.28. The summed E-state index contributed by atoms with van der Waals surface area (Å²) in [7, 11) is 0. The lowest BCUT2D eigenvalue weighted by molar-refractivity contribution is 0.188. The van der Waals surface area contributed by atoms with Crippen LogP contribution in [0.2, 0.25) is 0 Å². The van der Waals surface area contributed by atoms with Crippen LogP contribution in [0.15, 0.2) is 18.2 Å². The van der Waals surface area contributed by atoms with E-state index in [9.17, 15) is 0 Å². The molecule has 2 unspecified atom stereocenters. The first-order chi connectivity index (χ1) is 8.72. The molecule has 2 fully saturated rings. The molecule has 2 heterocycles. The van der Waals surface area contributed by atoms with Crippen LogP contribution >= 0.6 is 0 Å². The molecule has 0 amide bonds. The van der Waals surface area contributed by atoms with E-state index >= 15 is 0 Å². The molecule has 0 aromatic heterocycles. The summed E-state index contributed by atoms with van der Waals surface area (Å²) >= 11 is 0. The molecule has 2 atom stereocenters. The Kier molecular flexibility index (Phi) is 3.16. The number of hydrogen-bond donors (Lipinski definition) is 2. The highest BCUT2D eigenvalue weighted by Crippen LogP contribution is 2.29. The maximum Gasteiger partial charge on any atom is 0.0576 e. The molecular formula is C15H23N3. The van der Waals surface area contributed by atoms with Gasteiger partial charge in [0.1, 0.15) is 0 Å². The van der Waals surface area contributed by atoms with Gasteiger partial charge in [-0.25, -0.2) is 0 Å². The summed E-state index contributed by atoms with van der Waals surface area (Å²) < 4.78 is 0. The predicted octanol–water partition coefficient (Wildman–Crippen LogP) is 2.62. The third-order valence-corrected chi connectivity index (χ3v) is 4.39. The highest BCUT2D eigenvalue weighted by molar-refractivity contribution is 5.67. The first-order valence-electron chi connectivity index (χ1n) is 7.09. The maximum absolute atomic E-state index is 6.07. The van der Waals surface area contributed by atoms with E-state index in [1.54, 1.807) is 0 Å². The van der Waals surface area contributed by atoms with Crippen molar-refractivity contribution < 1.29 is 0 Å². The zero-order chi connectivity index (χ0) is 12.5. The molecule has 0 aliphatic carbocycles. The van der Waals surface area contributed by atoms with E-state index in [0.29, 0.717) is 6.04 Å². The summed E-state index contributed by atoms with van der Waals surface area (Å²) in [5, 5.41) is 3.64. The van der Waals surface area contributed by atoms with E-state index < -0.39 is 0 Å². The van der Waals surface area contributed by atoms with E-state index in [1.165, 1.54) is 44.3 Å². The van der Waals surface area contributed by atoms with Gasteiger partial charge in [0.2, 0.25) is 0 Å². The average molecular weight is 245 g/mol. The molecule has 3 nitrogen and oxygen atoms in total. The molecule has 0 radical (unpaired) electrons. The molecule has 1 aromatic rings. The van der Waals surface area contributed by atoms with Gasteiger partial charge < -0.3 is 16.0 Å². The normalized spacial score (nSPS) is 28.1. The van der Waals surface area contributed by atoms with Crippen molar-refractivity contribution >= 4 is 11.4 Å². The van der Waals surface area contributed by atoms with Gasteiger partial charge in [0, 0.05) is 18.6 Å². The van der Waals surface area contributed by atoms with Crippen LogP contribution in [0.25, 0.3) is 0 Å². The van der Waals surface area contributed by atoms with Crippen molar-refractivity contribution in [2.45, 2.75) is 44.7 Å². The van der Waals surface area contributed by atoms with Crippen LogP contribution in [0.1, 0.15) is 31.2 Å². The fourth-order valence-corrected chi connectivity index (χ4v) is 3.39. The minimum Gasteiger partial charge on any atom is -0.397 e. The van der Waals surface area contributed by atoms with Gasteiger partial charge in [0.15, 0.2) is 0 Å². The molecule has 18 heavy (non-hydrogen) atoms. The van der Waals surface area contributed by atoms with Crippen LogP contribution in [0.5, 0.6) is 0 Å². The van der Waals surface area contributed by atoms with Gasteiger partial charge in [0.05, 0.1) is 11.4 Å². The number of nitrogens with two attached hydrogens (primary N) is 1. The Labute approximate surface area is 109 Å². The van der Waals surface area contributed by atoms with Crippen LogP contribution < -0.4 is 11.1 Å². The van der Waals surface area contributed by atoms with Crippen molar-refractivity contribution in [3.8, 4) is 0 Å². The van der Waals surface area contributed by atoms with Crippen molar-refractivity contribution in [3.63, 3.8) is 0 Å². The standard InChI is InChI=1S/C15H23N3/c1-11-4-5-15(14(16)9-11)17-12-6-8-18-7-2-3-13(18)10-12/h4-5,9,12-13,17H,2-3,6-8,10,16H2,1H3. The van der Waals surface area contributed by atoms with Crippen molar-refractivity contribution in [2.75, 3.05) is 24.1 Å². The highest BCUT2D eigenvalue weighted by atomic mass is 15.2. The number of anilines is 2. The lowest BCUT2D eigenvalue weighted by atomic mass is 9.97. The molecule has 2 aliphatic rings. The molecule has 3 rings (SSSR count). The number of aryl methyl sites for hydroxylation is 1. The third-order valence-electron chi connectivity index (χ3n) is 4.39. The van der Waals surface area contributed by atoms with Crippen LogP contribution in [0.4, 0.5) is 11.4 Å². The minimum absolute atomic E-state index is 0.592. The Morgan fingerprint density at radius 3 is 3.00 bits per heavy atom. The minimum atomic E-state index is 0.592. The molecule has 0 spiro atoms. The maximum atomic E-state index is 6.07.